The van der Waals surface area contributed by atoms with E-state index in [1.165, 1.54) is 0 Å². The standard InChI is InChI=1S/C11H11BrN2O/c1-8-2-3-11(15-8)7-14-10-4-9(12)5-13-6-10/h2-6,14H,7H2,1H3. The van der Waals surface area contributed by atoms with Crippen molar-refractivity contribution in [1.29, 1.82) is 0 Å². The van der Waals surface area contributed by atoms with E-state index < -0.39 is 0 Å². The molecule has 0 fully saturated rings. The molecule has 0 saturated carbocycles. The number of nitrogens with zero attached hydrogens (tertiary/aromatic N) is 1. The molecular weight excluding hydrogens is 256 g/mol. The van der Waals surface area contributed by atoms with Gasteiger partial charge in [-0.25, -0.2) is 0 Å². The highest BCUT2D eigenvalue weighted by Gasteiger charge is 1.98. The molecule has 0 aliphatic heterocycles. The van der Waals surface area contributed by atoms with E-state index in [0.29, 0.717) is 6.54 Å². The summed E-state index contributed by atoms with van der Waals surface area (Å²) in [6.45, 7) is 2.61. The predicted octanol–water partition coefficient (Wildman–Crippen LogP) is 3.36. The zero-order valence-electron chi connectivity index (χ0n) is 8.33. The van der Waals surface area contributed by atoms with Gasteiger partial charge in [-0.05, 0) is 41.1 Å². The van der Waals surface area contributed by atoms with Gasteiger partial charge in [-0.2, -0.15) is 0 Å². The minimum Gasteiger partial charge on any atom is -0.465 e. The Morgan fingerprint density at radius 3 is 2.93 bits per heavy atom. The highest BCUT2D eigenvalue weighted by molar-refractivity contribution is 9.10. The first-order valence-electron chi connectivity index (χ1n) is 4.64. The molecule has 2 aromatic heterocycles. The number of rotatable bonds is 3. The number of aromatic nitrogens is 1. The Hall–Kier alpha value is -1.29. The molecule has 2 heterocycles. The van der Waals surface area contributed by atoms with Crippen LogP contribution in [0.5, 0.6) is 0 Å². The summed E-state index contributed by atoms with van der Waals surface area (Å²) in [4.78, 5) is 4.06. The van der Waals surface area contributed by atoms with E-state index in [1.54, 1.807) is 12.4 Å². The number of furan rings is 1. The molecule has 0 bridgehead atoms. The Bertz CT molecular complexity index is 453. The molecule has 3 nitrogen and oxygen atoms in total. The average Bonchev–Trinajstić information content (AvgIpc) is 2.62. The summed E-state index contributed by atoms with van der Waals surface area (Å²) in [5.41, 5.74) is 0.971. The highest BCUT2D eigenvalue weighted by Crippen LogP contribution is 2.15. The van der Waals surface area contributed by atoms with Gasteiger partial charge >= 0.3 is 0 Å². The van der Waals surface area contributed by atoms with Crippen LogP contribution >= 0.6 is 15.9 Å². The van der Waals surface area contributed by atoms with Crippen LogP contribution < -0.4 is 5.32 Å². The Morgan fingerprint density at radius 1 is 1.40 bits per heavy atom. The molecule has 0 unspecified atom stereocenters. The van der Waals surface area contributed by atoms with Crippen LogP contribution in [0.15, 0.2) is 39.5 Å². The van der Waals surface area contributed by atoms with Gasteiger partial charge in [0.25, 0.3) is 0 Å². The number of hydrogen-bond donors (Lipinski definition) is 1. The van der Waals surface area contributed by atoms with Crippen molar-refractivity contribution in [3.63, 3.8) is 0 Å². The summed E-state index contributed by atoms with van der Waals surface area (Å²) in [6, 6.07) is 5.90. The number of pyridine rings is 1. The smallest absolute Gasteiger partial charge is 0.123 e. The first-order valence-corrected chi connectivity index (χ1v) is 5.43. The summed E-state index contributed by atoms with van der Waals surface area (Å²) in [5, 5.41) is 3.23. The van der Waals surface area contributed by atoms with Crippen molar-refractivity contribution in [2.75, 3.05) is 5.32 Å². The predicted molar refractivity (Wildman–Crippen MR) is 62.7 cm³/mol. The van der Waals surface area contributed by atoms with Crippen molar-refractivity contribution in [2.45, 2.75) is 13.5 Å². The number of halogens is 1. The van der Waals surface area contributed by atoms with Gasteiger partial charge in [-0.1, -0.05) is 0 Å². The number of nitrogens with one attached hydrogen (secondary N) is 1. The van der Waals surface area contributed by atoms with Crippen molar-refractivity contribution in [1.82, 2.24) is 4.98 Å². The minimum atomic E-state index is 0.673. The van der Waals surface area contributed by atoms with Gasteiger partial charge in [0, 0.05) is 10.7 Å². The quantitative estimate of drug-likeness (QED) is 0.926. The zero-order valence-corrected chi connectivity index (χ0v) is 9.91. The first kappa shape index (κ1) is 10.2. The normalized spacial score (nSPS) is 10.3. The van der Waals surface area contributed by atoms with Crippen LogP contribution in [0.4, 0.5) is 5.69 Å². The van der Waals surface area contributed by atoms with E-state index in [-0.39, 0.29) is 0 Å². The lowest BCUT2D eigenvalue weighted by Gasteiger charge is -2.03. The molecule has 0 aliphatic rings. The van der Waals surface area contributed by atoms with Gasteiger partial charge in [-0.3, -0.25) is 4.98 Å². The number of aryl methyl sites for hydroxylation is 1. The van der Waals surface area contributed by atoms with Gasteiger partial charge in [0.2, 0.25) is 0 Å². The van der Waals surface area contributed by atoms with Gasteiger partial charge in [0.1, 0.15) is 11.5 Å². The Balaban J connectivity index is 1.99. The van der Waals surface area contributed by atoms with Crippen molar-refractivity contribution >= 4 is 21.6 Å². The number of anilines is 1. The fourth-order valence-corrected chi connectivity index (χ4v) is 1.64. The van der Waals surface area contributed by atoms with Gasteiger partial charge in [-0.15, -0.1) is 0 Å². The van der Waals surface area contributed by atoms with Gasteiger partial charge in [0.05, 0.1) is 18.4 Å². The lowest BCUT2D eigenvalue weighted by atomic mass is 10.4. The maximum Gasteiger partial charge on any atom is 0.123 e. The fourth-order valence-electron chi connectivity index (χ4n) is 1.28. The lowest BCUT2D eigenvalue weighted by Crippen LogP contribution is -1.98. The Morgan fingerprint density at radius 2 is 2.27 bits per heavy atom. The summed E-state index contributed by atoms with van der Waals surface area (Å²) >= 11 is 3.37. The molecule has 0 amide bonds. The van der Waals surface area contributed by atoms with E-state index in [4.69, 9.17) is 4.42 Å². The van der Waals surface area contributed by atoms with E-state index in [2.05, 4.69) is 26.2 Å². The maximum atomic E-state index is 5.44. The molecule has 0 spiro atoms. The number of hydrogen-bond acceptors (Lipinski definition) is 3. The summed E-state index contributed by atoms with van der Waals surface area (Å²) < 4.78 is 6.40. The van der Waals surface area contributed by atoms with E-state index in [0.717, 1.165) is 21.7 Å². The molecule has 0 atom stereocenters. The van der Waals surface area contributed by atoms with E-state index >= 15 is 0 Å². The minimum absolute atomic E-state index is 0.673. The van der Waals surface area contributed by atoms with E-state index in [9.17, 15) is 0 Å². The molecule has 2 aromatic rings. The van der Waals surface area contributed by atoms with Crippen LogP contribution in [0.2, 0.25) is 0 Å². The van der Waals surface area contributed by atoms with E-state index in [1.807, 2.05) is 25.1 Å². The van der Waals surface area contributed by atoms with Gasteiger partial charge < -0.3 is 9.73 Å². The maximum absolute atomic E-state index is 5.44. The van der Waals surface area contributed by atoms with Crippen LogP contribution in [-0.2, 0) is 6.54 Å². The third kappa shape index (κ3) is 2.83. The molecule has 1 N–H and O–H groups in total. The van der Waals surface area contributed by atoms with Crippen LogP contribution in [0.25, 0.3) is 0 Å². The second-order valence-electron chi connectivity index (χ2n) is 3.26. The van der Waals surface area contributed by atoms with Crippen molar-refractivity contribution in [3.05, 3.63) is 46.6 Å². The molecule has 0 saturated heterocycles. The van der Waals surface area contributed by atoms with Gasteiger partial charge in [0.15, 0.2) is 0 Å². The second-order valence-corrected chi connectivity index (χ2v) is 4.17. The third-order valence-electron chi connectivity index (χ3n) is 1.97. The monoisotopic (exact) mass is 266 g/mol. The van der Waals surface area contributed by atoms with Crippen LogP contribution in [0.3, 0.4) is 0 Å². The average molecular weight is 267 g/mol. The SMILES string of the molecule is Cc1ccc(CNc2cncc(Br)c2)o1. The molecule has 0 aromatic carbocycles. The van der Waals surface area contributed by atoms with Crippen molar-refractivity contribution in [3.8, 4) is 0 Å². The first-order chi connectivity index (χ1) is 7.24. The Labute approximate surface area is 96.6 Å². The van der Waals surface area contributed by atoms with Crippen LogP contribution in [0, 0.1) is 6.92 Å². The summed E-state index contributed by atoms with van der Waals surface area (Å²) in [5.74, 6) is 1.85. The second kappa shape index (κ2) is 4.49. The Kier molecular flexibility index (Phi) is 3.06. The lowest BCUT2D eigenvalue weighted by molar-refractivity contribution is 0.490. The van der Waals surface area contributed by atoms with Crippen LogP contribution in [-0.4, -0.2) is 4.98 Å². The molecular formula is C11H11BrN2O. The molecule has 2 rings (SSSR count). The molecule has 0 aliphatic carbocycles. The summed E-state index contributed by atoms with van der Waals surface area (Å²) in [7, 11) is 0. The highest BCUT2D eigenvalue weighted by atomic mass is 79.9. The fraction of sp³-hybridized carbons (Fsp3) is 0.182. The summed E-state index contributed by atoms with van der Waals surface area (Å²) in [6.07, 6.45) is 3.53. The zero-order chi connectivity index (χ0) is 10.7. The molecule has 4 heteroatoms. The van der Waals surface area contributed by atoms with Crippen molar-refractivity contribution in [2.24, 2.45) is 0 Å². The third-order valence-corrected chi connectivity index (χ3v) is 2.40. The topological polar surface area (TPSA) is 38.1 Å². The molecule has 78 valence electrons. The van der Waals surface area contributed by atoms with Crippen LogP contribution in [0.1, 0.15) is 11.5 Å². The molecule has 15 heavy (non-hydrogen) atoms. The molecule has 0 radical (unpaired) electrons. The largest absolute Gasteiger partial charge is 0.465 e. The van der Waals surface area contributed by atoms with Crippen molar-refractivity contribution < 1.29 is 4.42 Å².